The highest BCUT2D eigenvalue weighted by Gasteiger charge is 2.28. The number of carbonyl (C=O) groups is 1. The number of anilines is 1. The lowest BCUT2D eigenvalue weighted by molar-refractivity contribution is -0.149. The molecule has 2 unspecified atom stereocenters. The second-order valence-electron chi connectivity index (χ2n) is 5.15. The summed E-state index contributed by atoms with van der Waals surface area (Å²) in [6.45, 7) is 4.30. The summed E-state index contributed by atoms with van der Waals surface area (Å²) in [6.07, 6.45) is 5.82. The van der Waals surface area contributed by atoms with Crippen LogP contribution in [0.2, 0.25) is 0 Å². The molecule has 19 heavy (non-hydrogen) atoms. The molecule has 1 N–H and O–H groups in total. The van der Waals surface area contributed by atoms with Gasteiger partial charge in [-0.25, -0.2) is 0 Å². The molecular formula is C15H22N2O2. The lowest BCUT2D eigenvalue weighted by Crippen LogP contribution is -2.32. The van der Waals surface area contributed by atoms with Crippen LogP contribution in [-0.4, -0.2) is 23.6 Å². The van der Waals surface area contributed by atoms with Crippen LogP contribution in [0.25, 0.3) is 0 Å². The molecule has 0 spiro atoms. The van der Waals surface area contributed by atoms with Crippen LogP contribution in [0.5, 0.6) is 0 Å². The number of ether oxygens (including phenoxy) is 1. The molecule has 0 amide bonds. The van der Waals surface area contributed by atoms with Gasteiger partial charge in [-0.15, -0.1) is 0 Å². The summed E-state index contributed by atoms with van der Waals surface area (Å²) in [6, 6.07) is 4.37. The van der Waals surface area contributed by atoms with Crippen molar-refractivity contribution in [1.29, 1.82) is 0 Å². The Kier molecular flexibility index (Phi) is 4.77. The van der Waals surface area contributed by atoms with Crippen molar-refractivity contribution >= 4 is 11.7 Å². The molecule has 104 valence electrons. The van der Waals surface area contributed by atoms with Gasteiger partial charge < -0.3 is 10.1 Å². The van der Waals surface area contributed by atoms with E-state index in [1.807, 2.05) is 32.2 Å². The van der Waals surface area contributed by atoms with Crippen molar-refractivity contribution in [3.8, 4) is 0 Å². The van der Waals surface area contributed by atoms with Crippen molar-refractivity contribution in [1.82, 2.24) is 4.98 Å². The first kappa shape index (κ1) is 13.8. The number of hydrogen-bond acceptors (Lipinski definition) is 4. The predicted molar refractivity (Wildman–Crippen MR) is 75.0 cm³/mol. The van der Waals surface area contributed by atoms with Crippen molar-refractivity contribution in [2.24, 2.45) is 5.92 Å². The van der Waals surface area contributed by atoms with Gasteiger partial charge in [-0.1, -0.05) is 6.42 Å². The summed E-state index contributed by atoms with van der Waals surface area (Å²) in [5.41, 5.74) is 2.04. The zero-order valence-electron chi connectivity index (χ0n) is 11.7. The SMILES string of the molecule is CCOC(=O)C1CCCC(Nc2ccc(C)nc2)C1. The summed E-state index contributed by atoms with van der Waals surface area (Å²) in [5, 5.41) is 3.46. The molecule has 0 radical (unpaired) electrons. The van der Waals surface area contributed by atoms with Gasteiger partial charge in [-0.2, -0.15) is 0 Å². The van der Waals surface area contributed by atoms with Crippen LogP contribution in [0.4, 0.5) is 5.69 Å². The smallest absolute Gasteiger partial charge is 0.308 e. The molecule has 1 fully saturated rings. The van der Waals surface area contributed by atoms with Crippen molar-refractivity contribution < 1.29 is 9.53 Å². The van der Waals surface area contributed by atoms with Gasteiger partial charge in [0.05, 0.1) is 24.4 Å². The molecule has 1 heterocycles. The standard InChI is InChI=1S/C15H22N2O2/c1-3-19-15(18)12-5-4-6-13(9-12)17-14-8-7-11(2)16-10-14/h7-8,10,12-13,17H,3-6,9H2,1-2H3. The molecule has 2 atom stereocenters. The number of rotatable bonds is 4. The van der Waals surface area contributed by atoms with Crippen LogP contribution < -0.4 is 5.32 Å². The van der Waals surface area contributed by atoms with Gasteiger partial charge >= 0.3 is 5.97 Å². The number of nitrogens with one attached hydrogen (secondary N) is 1. The minimum absolute atomic E-state index is 0.0453. The van der Waals surface area contributed by atoms with E-state index in [0.717, 1.165) is 37.1 Å². The Morgan fingerprint density at radius 1 is 1.47 bits per heavy atom. The predicted octanol–water partition coefficient (Wildman–Crippen LogP) is 2.92. The first-order valence-electron chi connectivity index (χ1n) is 7.05. The number of aryl methyl sites for hydroxylation is 1. The van der Waals surface area contributed by atoms with Gasteiger partial charge in [0.2, 0.25) is 0 Å². The summed E-state index contributed by atoms with van der Waals surface area (Å²) in [4.78, 5) is 16.1. The molecule has 1 saturated carbocycles. The van der Waals surface area contributed by atoms with Gasteiger partial charge in [0.1, 0.15) is 0 Å². The van der Waals surface area contributed by atoms with E-state index in [1.165, 1.54) is 0 Å². The topological polar surface area (TPSA) is 51.2 Å². The fourth-order valence-electron chi connectivity index (χ4n) is 2.58. The van der Waals surface area contributed by atoms with Gasteiger partial charge in [0.15, 0.2) is 0 Å². The van der Waals surface area contributed by atoms with Gasteiger partial charge in [0.25, 0.3) is 0 Å². The molecular weight excluding hydrogens is 240 g/mol. The van der Waals surface area contributed by atoms with E-state index < -0.39 is 0 Å². The van der Waals surface area contributed by atoms with Crippen LogP contribution in [0.15, 0.2) is 18.3 Å². The van der Waals surface area contributed by atoms with Crippen LogP contribution in [0.1, 0.15) is 38.3 Å². The molecule has 0 aromatic carbocycles. The summed E-state index contributed by atoms with van der Waals surface area (Å²) in [5.74, 6) is 0.000591. The first-order valence-corrected chi connectivity index (χ1v) is 7.05. The van der Waals surface area contributed by atoms with E-state index in [1.54, 1.807) is 0 Å². The molecule has 4 nitrogen and oxygen atoms in total. The van der Waals surface area contributed by atoms with Crippen LogP contribution in [-0.2, 0) is 9.53 Å². The lowest BCUT2D eigenvalue weighted by atomic mass is 9.85. The molecule has 1 aromatic heterocycles. The van der Waals surface area contributed by atoms with Crippen LogP contribution in [0, 0.1) is 12.8 Å². The molecule has 0 aliphatic heterocycles. The van der Waals surface area contributed by atoms with Gasteiger partial charge in [0, 0.05) is 11.7 Å². The zero-order valence-corrected chi connectivity index (χ0v) is 11.7. The van der Waals surface area contributed by atoms with E-state index in [-0.39, 0.29) is 11.9 Å². The van der Waals surface area contributed by atoms with E-state index in [9.17, 15) is 4.79 Å². The minimum atomic E-state index is -0.0453. The summed E-state index contributed by atoms with van der Waals surface area (Å²) >= 11 is 0. The molecule has 2 rings (SSSR count). The Balaban J connectivity index is 1.90. The average Bonchev–Trinajstić information content (AvgIpc) is 2.42. The largest absolute Gasteiger partial charge is 0.466 e. The minimum Gasteiger partial charge on any atom is -0.466 e. The third-order valence-corrected chi connectivity index (χ3v) is 3.58. The van der Waals surface area contributed by atoms with E-state index in [2.05, 4.69) is 10.3 Å². The van der Waals surface area contributed by atoms with Crippen LogP contribution in [0.3, 0.4) is 0 Å². The molecule has 0 saturated heterocycles. The number of carbonyl (C=O) groups excluding carboxylic acids is 1. The highest BCUT2D eigenvalue weighted by Crippen LogP contribution is 2.27. The summed E-state index contributed by atoms with van der Waals surface area (Å²) in [7, 11) is 0. The van der Waals surface area contributed by atoms with E-state index in [4.69, 9.17) is 4.74 Å². The average molecular weight is 262 g/mol. The first-order chi connectivity index (χ1) is 9.19. The molecule has 0 bridgehead atoms. The zero-order chi connectivity index (χ0) is 13.7. The van der Waals surface area contributed by atoms with Crippen molar-refractivity contribution in [2.45, 2.75) is 45.6 Å². The Labute approximate surface area is 114 Å². The number of pyridine rings is 1. The van der Waals surface area contributed by atoms with Gasteiger partial charge in [-0.3, -0.25) is 9.78 Å². The lowest BCUT2D eigenvalue weighted by Gasteiger charge is -2.29. The maximum atomic E-state index is 11.8. The Bertz CT molecular complexity index is 417. The molecule has 1 aliphatic carbocycles. The maximum Gasteiger partial charge on any atom is 0.308 e. The maximum absolute atomic E-state index is 11.8. The fourth-order valence-corrected chi connectivity index (χ4v) is 2.58. The quantitative estimate of drug-likeness (QED) is 0.848. The number of aromatic nitrogens is 1. The van der Waals surface area contributed by atoms with Crippen molar-refractivity contribution in [2.75, 3.05) is 11.9 Å². The highest BCUT2D eigenvalue weighted by molar-refractivity contribution is 5.72. The third kappa shape index (κ3) is 3.94. The number of nitrogens with zero attached hydrogens (tertiary/aromatic N) is 1. The second kappa shape index (κ2) is 6.55. The normalized spacial score (nSPS) is 22.8. The van der Waals surface area contributed by atoms with Gasteiger partial charge in [-0.05, 0) is 45.2 Å². The Morgan fingerprint density at radius 2 is 2.32 bits per heavy atom. The highest BCUT2D eigenvalue weighted by atomic mass is 16.5. The molecule has 4 heteroatoms. The number of hydrogen-bond donors (Lipinski definition) is 1. The van der Waals surface area contributed by atoms with Crippen molar-refractivity contribution in [3.05, 3.63) is 24.0 Å². The van der Waals surface area contributed by atoms with E-state index >= 15 is 0 Å². The van der Waals surface area contributed by atoms with Crippen molar-refractivity contribution in [3.63, 3.8) is 0 Å². The second-order valence-corrected chi connectivity index (χ2v) is 5.15. The van der Waals surface area contributed by atoms with Crippen LogP contribution >= 0.6 is 0 Å². The Morgan fingerprint density at radius 3 is 3.00 bits per heavy atom. The number of esters is 1. The third-order valence-electron chi connectivity index (χ3n) is 3.58. The summed E-state index contributed by atoms with van der Waals surface area (Å²) < 4.78 is 5.12. The monoisotopic (exact) mass is 262 g/mol. The molecule has 1 aromatic rings. The Hall–Kier alpha value is -1.58. The molecule has 1 aliphatic rings. The van der Waals surface area contributed by atoms with E-state index in [0.29, 0.717) is 12.6 Å². The fraction of sp³-hybridized carbons (Fsp3) is 0.600.